The van der Waals surface area contributed by atoms with Crippen LogP contribution < -0.4 is 10.9 Å². The number of hydrogen-bond acceptors (Lipinski definition) is 6. The highest BCUT2D eigenvalue weighted by Gasteiger charge is 2.14. The molecule has 0 fully saturated rings. The average Bonchev–Trinajstić information content (AvgIpc) is 2.78. The maximum atomic E-state index is 12.5. The van der Waals surface area contributed by atoms with E-state index in [4.69, 9.17) is 11.6 Å². The standard InChI is InChI=1S/C23H19ClN6O/c1-14(23-27-7-3-8-28-23)29-19-12-21(31)30(2)20-5-4-15(11-17(19)20)10-16-6-9-26-22(24)18(16)13-25/h3-9,11-12,14,29H,10H2,1-2H3/t14-/m0/s1. The predicted octanol–water partition coefficient (Wildman–Crippen LogP) is 4.01. The molecule has 31 heavy (non-hydrogen) atoms. The largest absolute Gasteiger partial charge is 0.375 e. The number of anilines is 1. The molecular formula is C23H19ClN6O. The van der Waals surface area contributed by atoms with E-state index in [0.29, 0.717) is 23.5 Å². The van der Waals surface area contributed by atoms with Crippen LogP contribution in [0.3, 0.4) is 0 Å². The molecule has 0 unspecified atom stereocenters. The summed E-state index contributed by atoms with van der Waals surface area (Å²) in [6.45, 7) is 1.95. The van der Waals surface area contributed by atoms with Gasteiger partial charge in [0.25, 0.3) is 5.56 Å². The van der Waals surface area contributed by atoms with Gasteiger partial charge < -0.3 is 9.88 Å². The van der Waals surface area contributed by atoms with Crippen molar-refractivity contribution >= 4 is 28.2 Å². The number of halogens is 1. The van der Waals surface area contributed by atoms with Gasteiger partial charge in [-0.2, -0.15) is 5.26 Å². The molecule has 0 aliphatic heterocycles. The van der Waals surface area contributed by atoms with Crippen LogP contribution >= 0.6 is 11.6 Å². The minimum absolute atomic E-state index is 0.114. The molecular weight excluding hydrogens is 412 g/mol. The molecule has 0 radical (unpaired) electrons. The SMILES string of the molecule is C[C@H](Nc1cc(=O)n(C)c2ccc(Cc3ccnc(Cl)c3C#N)cc12)c1ncccn1. The lowest BCUT2D eigenvalue weighted by molar-refractivity contribution is 0.788. The van der Waals surface area contributed by atoms with Gasteiger partial charge in [-0.3, -0.25) is 4.79 Å². The second kappa shape index (κ2) is 8.54. The van der Waals surface area contributed by atoms with E-state index < -0.39 is 0 Å². The van der Waals surface area contributed by atoms with Crippen molar-refractivity contribution in [3.63, 3.8) is 0 Å². The van der Waals surface area contributed by atoms with Crippen molar-refractivity contribution in [1.82, 2.24) is 19.5 Å². The lowest BCUT2D eigenvalue weighted by Crippen LogP contribution is -2.19. The van der Waals surface area contributed by atoms with Crippen LogP contribution in [0, 0.1) is 11.3 Å². The van der Waals surface area contributed by atoms with Crippen molar-refractivity contribution in [1.29, 1.82) is 5.26 Å². The van der Waals surface area contributed by atoms with Gasteiger partial charge in [0.15, 0.2) is 0 Å². The van der Waals surface area contributed by atoms with Gasteiger partial charge in [-0.05, 0) is 48.7 Å². The zero-order valence-corrected chi connectivity index (χ0v) is 17.8. The Kier molecular flexibility index (Phi) is 5.65. The maximum Gasteiger partial charge on any atom is 0.252 e. The third-order valence-corrected chi connectivity index (χ3v) is 5.44. The third-order valence-electron chi connectivity index (χ3n) is 5.15. The van der Waals surface area contributed by atoms with Crippen molar-refractivity contribution in [2.75, 3.05) is 5.32 Å². The Morgan fingerprint density at radius 1 is 1.16 bits per heavy atom. The van der Waals surface area contributed by atoms with Crippen LogP contribution in [0.15, 0.2) is 59.8 Å². The van der Waals surface area contributed by atoms with Gasteiger partial charge in [0.05, 0.1) is 17.1 Å². The second-order valence-electron chi connectivity index (χ2n) is 7.20. The van der Waals surface area contributed by atoms with E-state index in [9.17, 15) is 10.1 Å². The van der Waals surface area contributed by atoms with Crippen molar-refractivity contribution in [2.45, 2.75) is 19.4 Å². The molecule has 0 aliphatic rings. The smallest absolute Gasteiger partial charge is 0.252 e. The van der Waals surface area contributed by atoms with E-state index >= 15 is 0 Å². The highest BCUT2D eigenvalue weighted by molar-refractivity contribution is 6.30. The molecule has 0 saturated heterocycles. The first kappa shape index (κ1) is 20.5. The van der Waals surface area contributed by atoms with E-state index in [1.54, 1.807) is 48.4 Å². The fraction of sp³-hybridized carbons (Fsp3) is 0.174. The Balaban J connectivity index is 1.77. The predicted molar refractivity (Wildman–Crippen MR) is 120 cm³/mol. The van der Waals surface area contributed by atoms with Crippen LogP contribution in [-0.4, -0.2) is 19.5 Å². The summed E-state index contributed by atoms with van der Waals surface area (Å²) >= 11 is 6.08. The Labute approximate surface area is 184 Å². The molecule has 0 aliphatic carbocycles. The monoisotopic (exact) mass is 430 g/mol. The van der Waals surface area contributed by atoms with Gasteiger partial charge in [-0.25, -0.2) is 15.0 Å². The van der Waals surface area contributed by atoms with E-state index in [2.05, 4.69) is 26.3 Å². The molecule has 4 rings (SSSR count). The summed E-state index contributed by atoms with van der Waals surface area (Å²) in [6.07, 6.45) is 5.49. The fourth-order valence-electron chi connectivity index (χ4n) is 3.53. The Morgan fingerprint density at radius 2 is 1.94 bits per heavy atom. The average molecular weight is 431 g/mol. The van der Waals surface area contributed by atoms with Crippen LogP contribution in [0.25, 0.3) is 10.9 Å². The third kappa shape index (κ3) is 4.11. The highest BCUT2D eigenvalue weighted by atomic mass is 35.5. The number of pyridine rings is 2. The number of rotatable bonds is 5. The zero-order chi connectivity index (χ0) is 22.0. The van der Waals surface area contributed by atoms with Gasteiger partial charge >= 0.3 is 0 Å². The molecule has 0 saturated carbocycles. The summed E-state index contributed by atoms with van der Waals surface area (Å²) < 4.78 is 1.61. The van der Waals surface area contributed by atoms with E-state index in [1.807, 2.05) is 25.1 Å². The minimum Gasteiger partial charge on any atom is -0.375 e. The van der Waals surface area contributed by atoms with Crippen molar-refractivity contribution < 1.29 is 0 Å². The van der Waals surface area contributed by atoms with Crippen LogP contribution in [0.4, 0.5) is 5.69 Å². The molecule has 0 amide bonds. The van der Waals surface area contributed by atoms with Crippen molar-refractivity contribution in [3.8, 4) is 6.07 Å². The number of fused-ring (bicyclic) bond motifs is 1. The lowest BCUT2D eigenvalue weighted by Gasteiger charge is -2.17. The van der Waals surface area contributed by atoms with E-state index in [-0.39, 0.29) is 16.8 Å². The summed E-state index contributed by atoms with van der Waals surface area (Å²) in [4.78, 5) is 25.1. The first-order valence-corrected chi connectivity index (χ1v) is 10.1. The number of nitrogens with one attached hydrogen (secondary N) is 1. The molecule has 1 aromatic carbocycles. The summed E-state index contributed by atoms with van der Waals surface area (Å²) in [5, 5.41) is 13.9. The Bertz CT molecular complexity index is 1360. The first-order chi connectivity index (χ1) is 15.0. The molecule has 0 spiro atoms. The van der Waals surface area contributed by atoms with Gasteiger partial charge in [0.2, 0.25) is 0 Å². The number of aromatic nitrogens is 4. The Hall–Kier alpha value is -3.76. The summed E-state index contributed by atoms with van der Waals surface area (Å²) in [5.74, 6) is 0.637. The molecule has 0 bridgehead atoms. The van der Waals surface area contributed by atoms with Crippen molar-refractivity contribution in [3.05, 3.63) is 93.0 Å². The maximum absolute atomic E-state index is 12.5. The second-order valence-corrected chi connectivity index (χ2v) is 7.56. The minimum atomic E-state index is -0.190. The molecule has 154 valence electrons. The topological polar surface area (TPSA) is 96.5 Å². The quantitative estimate of drug-likeness (QED) is 0.480. The number of aryl methyl sites for hydroxylation is 1. The number of benzene rings is 1. The van der Waals surface area contributed by atoms with Gasteiger partial charge in [-0.1, -0.05) is 17.7 Å². The van der Waals surface area contributed by atoms with Crippen LogP contribution in [0.1, 0.15) is 35.5 Å². The molecule has 1 atom stereocenters. The molecule has 7 nitrogen and oxygen atoms in total. The number of hydrogen-bond donors (Lipinski definition) is 1. The van der Waals surface area contributed by atoms with Crippen LogP contribution in [0.2, 0.25) is 5.15 Å². The van der Waals surface area contributed by atoms with Crippen LogP contribution in [-0.2, 0) is 13.5 Å². The number of nitriles is 1. The first-order valence-electron chi connectivity index (χ1n) is 9.67. The zero-order valence-electron chi connectivity index (χ0n) is 17.0. The summed E-state index contributed by atoms with van der Waals surface area (Å²) in [5.41, 5.74) is 3.54. The molecule has 1 N–H and O–H groups in total. The van der Waals surface area contributed by atoms with Gasteiger partial charge in [0, 0.05) is 42.8 Å². The fourth-order valence-corrected chi connectivity index (χ4v) is 3.75. The molecule has 3 aromatic heterocycles. The lowest BCUT2D eigenvalue weighted by atomic mass is 10.00. The molecule has 8 heteroatoms. The summed E-state index contributed by atoms with van der Waals surface area (Å²) in [6, 6.07) is 13.0. The normalized spacial score (nSPS) is 11.8. The van der Waals surface area contributed by atoms with Gasteiger partial charge in [0.1, 0.15) is 17.0 Å². The Morgan fingerprint density at radius 3 is 2.68 bits per heavy atom. The highest BCUT2D eigenvalue weighted by Crippen LogP contribution is 2.27. The van der Waals surface area contributed by atoms with Crippen molar-refractivity contribution in [2.24, 2.45) is 7.05 Å². The molecule has 4 aromatic rings. The van der Waals surface area contributed by atoms with E-state index in [1.165, 1.54) is 0 Å². The molecule has 3 heterocycles. The van der Waals surface area contributed by atoms with Crippen LogP contribution in [0.5, 0.6) is 0 Å². The van der Waals surface area contributed by atoms with E-state index in [0.717, 1.165) is 22.0 Å². The summed E-state index contributed by atoms with van der Waals surface area (Å²) in [7, 11) is 1.74. The number of nitrogens with zero attached hydrogens (tertiary/aromatic N) is 5. The van der Waals surface area contributed by atoms with Gasteiger partial charge in [-0.15, -0.1) is 0 Å².